The summed E-state index contributed by atoms with van der Waals surface area (Å²) in [4.78, 5) is 10.7. The van der Waals surface area contributed by atoms with Gasteiger partial charge in [-0.3, -0.25) is 0 Å². The van der Waals surface area contributed by atoms with Gasteiger partial charge in [0.05, 0.1) is 26.0 Å². The third kappa shape index (κ3) is 2.96. The first-order valence-corrected chi connectivity index (χ1v) is 7.35. The van der Waals surface area contributed by atoms with Gasteiger partial charge in [-0.05, 0) is 26.9 Å². The van der Waals surface area contributed by atoms with Crippen molar-refractivity contribution >= 4 is 0 Å². The number of aliphatic hydroxyl groups excluding tert-OH is 1. The lowest BCUT2D eigenvalue weighted by Crippen LogP contribution is -2.50. The van der Waals surface area contributed by atoms with E-state index in [0.717, 1.165) is 25.7 Å². The largest absolute Gasteiger partial charge is 0.480 e. The average Bonchev–Trinajstić information content (AvgIpc) is 2.53. The van der Waals surface area contributed by atoms with Crippen LogP contribution in [0.4, 0.5) is 0 Å². The Morgan fingerprint density at radius 2 is 1.86 bits per heavy atom. The van der Waals surface area contributed by atoms with Crippen molar-refractivity contribution in [3.05, 3.63) is 11.9 Å². The molecule has 6 heteroatoms. The SMILES string of the molecule is COc1cnc(C(O)C2(N(C)C)CCCCC2)c(OC)n1. The first kappa shape index (κ1) is 16.0. The van der Waals surface area contributed by atoms with Crippen molar-refractivity contribution < 1.29 is 14.6 Å². The Balaban J connectivity index is 2.39. The summed E-state index contributed by atoms with van der Waals surface area (Å²) >= 11 is 0. The molecule has 1 unspecified atom stereocenters. The van der Waals surface area contributed by atoms with Gasteiger partial charge in [-0.15, -0.1) is 0 Å². The van der Waals surface area contributed by atoms with E-state index < -0.39 is 6.10 Å². The molecule has 1 N–H and O–H groups in total. The Labute approximate surface area is 126 Å². The number of methoxy groups -OCH3 is 2. The van der Waals surface area contributed by atoms with E-state index in [1.54, 1.807) is 0 Å². The van der Waals surface area contributed by atoms with Gasteiger partial charge >= 0.3 is 0 Å². The maximum Gasteiger partial charge on any atom is 0.241 e. The molecule has 0 bridgehead atoms. The zero-order valence-corrected chi connectivity index (χ0v) is 13.3. The molecule has 1 aliphatic rings. The maximum atomic E-state index is 11.0. The molecule has 0 radical (unpaired) electrons. The minimum absolute atomic E-state index is 0.311. The summed E-state index contributed by atoms with van der Waals surface area (Å²) in [5.41, 5.74) is 0.170. The third-order valence-corrected chi connectivity index (χ3v) is 4.53. The van der Waals surface area contributed by atoms with Crippen LogP contribution in [0.3, 0.4) is 0 Å². The van der Waals surface area contributed by atoms with Gasteiger partial charge in [-0.1, -0.05) is 19.3 Å². The average molecular weight is 295 g/mol. The second-order valence-electron chi connectivity index (χ2n) is 5.77. The number of nitrogens with zero attached hydrogens (tertiary/aromatic N) is 3. The highest BCUT2D eigenvalue weighted by molar-refractivity contribution is 5.27. The predicted octanol–water partition coefficient (Wildman–Crippen LogP) is 1.79. The molecule has 0 aromatic carbocycles. The Hall–Kier alpha value is -1.40. The van der Waals surface area contributed by atoms with Crippen LogP contribution in [-0.2, 0) is 0 Å². The second kappa shape index (κ2) is 6.58. The zero-order chi connectivity index (χ0) is 15.5. The van der Waals surface area contributed by atoms with Crippen LogP contribution in [0.25, 0.3) is 0 Å². The number of likely N-dealkylation sites (N-methyl/N-ethyl adjacent to an activating group) is 1. The summed E-state index contributed by atoms with van der Waals surface area (Å²) in [5.74, 6) is 0.707. The summed E-state index contributed by atoms with van der Waals surface area (Å²) in [6.45, 7) is 0. The standard InChI is InChI=1S/C15H25N3O3/c1-18(2)15(8-6-5-7-9-15)13(19)12-14(21-4)17-11(20-3)10-16-12/h10,13,19H,5-9H2,1-4H3. The monoisotopic (exact) mass is 295 g/mol. The van der Waals surface area contributed by atoms with Gasteiger partial charge in [0.2, 0.25) is 11.8 Å². The lowest BCUT2D eigenvalue weighted by atomic mass is 9.75. The molecule has 21 heavy (non-hydrogen) atoms. The molecule has 1 saturated carbocycles. The summed E-state index contributed by atoms with van der Waals surface area (Å²) in [6.07, 6.45) is 6.11. The number of hydrogen-bond acceptors (Lipinski definition) is 6. The van der Waals surface area contributed by atoms with E-state index in [2.05, 4.69) is 14.9 Å². The molecule has 1 fully saturated rings. The van der Waals surface area contributed by atoms with Crippen LogP contribution in [-0.4, -0.2) is 53.8 Å². The molecule has 118 valence electrons. The molecule has 1 heterocycles. The van der Waals surface area contributed by atoms with E-state index in [1.807, 2.05) is 14.1 Å². The van der Waals surface area contributed by atoms with Gasteiger partial charge in [-0.2, -0.15) is 4.98 Å². The molecular formula is C15H25N3O3. The predicted molar refractivity (Wildman–Crippen MR) is 79.6 cm³/mol. The van der Waals surface area contributed by atoms with Crippen molar-refractivity contribution in [3.8, 4) is 11.8 Å². The van der Waals surface area contributed by atoms with Crippen molar-refractivity contribution in [3.63, 3.8) is 0 Å². The lowest BCUT2D eigenvalue weighted by Gasteiger charge is -2.46. The molecule has 1 atom stereocenters. The van der Waals surface area contributed by atoms with Crippen molar-refractivity contribution in [2.75, 3.05) is 28.3 Å². The molecule has 0 aliphatic heterocycles. The quantitative estimate of drug-likeness (QED) is 0.893. The fourth-order valence-electron chi connectivity index (χ4n) is 3.19. The van der Waals surface area contributed by atoms with Gasteiger partial charge in [0.1, 0.15) is 11.8 Å². The summed E-state index contributed by atoms with van der Waals surface area (Å²) in [7, 11) is 7.08. The van der Waals surface area contributed by atoms with E-state index >= 15 is 0 Å². The fourth-order valence-corrected chi connectivity index (χ4v) is 3.19. The van der Waals surface area contributed by atoms with Crippen molar-refractivity contribution in [2.24, 2.45) is 0 Å². The molecule has 0 saturated heterocycles. The lowest BCUT2D eigenvalue weighted by molar-refractivity contribution is -0.0371. The van der Waals surface area contributed by atoms with Gasteiger partial charge in [-0.25, -0.2) is 4.98 Å². The first-order valence-electron chi connectivity index (χ1n) is 7.35. The van der Waals surface area contributed by atoms with E-state index in [-0.39, 0.29) is 5.54 Å². The molecular weight excluding hydrogens is 270 g/mol. The molecule has 1 aromatic heterocycles. The van der Waals surface area contributed by atoms with E-state index in [9.17, 15) is 5.11 Å². The third-order valence-electron chi connectivity index (χ3n) is 4.53. The molecule has 6 nitrogen and oxygen atoms in total. The van der Waals surface area contributed by atoms with Crippen LogP contribution in [0.2, 0.25) is 0 Å². The van der Waals surface area contributed by atoms with Crippen molar-refractivity contribution in [1.29, 1.82) is 0 Å². The van der Waals surface area contributed by atoms with E-state index in [4.69, 9.17) is 9.47 Å². The highest BCUT2D eigenvalue weighted by atomic mass is 16.5. The van der Waals surface area contributed by atoms with Crippen LogP contribution in [0.5, 0.6) is 11.8 Å². The fraction of sp³-hybridized carbons (Fsp3) is 0.733. The van der Waals surface area contributed by atoms with E-state index in [0.29, 0.717) is 17.5 Å². The summed E-state index contributed by atoms with van der Waals surface area (Å²) < 4.78 is 10.4. The normalized spacial score (nSPS) is 19.3. The number of hydrogen-bond donors (Lipinski definition) is 1. The summed E-state index contributed by atoms with van der Waals surface area (Å²) in [6, 6.07) is 0. The Morgan fingerprint density at radius 1 is 1.19 bits per heavy atom. The van der Waals surface area contributed by atoms with Gasteiger partial charge < -0.3 is 19.5 Å². The Morgan fingerprint density at radius 3 is 2.38 bits per heavy atom. The van der Waals surface area contributed by atoms with Crippen molar-refractivity contribution in [2.45, 2.75) is 43.7 Å². The van der Waals surface area contributed by atoms with Crippen LogP contribution in [0, 0.1) is 0 Å². The minimum atomic E-state index is -0.735. The van der Waals surface area contributed by atoms with Crippen LogP contribution in [0.15, 0.2) is 6.20 Å². The zero-order valence-electron chi connectivity index (χ0n) is 13.3. The topological polar surface area (TPSA) is 67.7 Å². The highest BCUT2D eigenvalue weighted by Crippen LogP contribution is 2.43. The minimum Gasteiger partial charge on any atom is -0.480 e. The van der Waals surface area contributed by atoms with E-state index in [1.165, 1.54) is 26.8 Å². The van der Waals surface area contributed by atoms with Gasteiger partial charge in [0.15, 0.2) is 0 Å². The Bertz CT molecular complexity index is 473. The number of aliphatic hydroxyl groups is 1. The van der Waals surface area contributed by atoms with Crippen LogP contribution >= 0.6 is 0 Å². The molecule has 1 aromatic rings. The van der Waals surface area contributed by atoms with Crippen LogP contribution in [0.1, 0.15) is 43.9 Å². The summed E-state index contributed by atoms with van der Waals surface area (Å²) in [5, 5.41) is 11.0. The van der Waals surface area contributed by atoms with Crippen LogP contribution < -0.4 is 9.47 Å². The number of aromatic nitrogens is 2. The smallest absolute Gasteiger partial charge is 0.241 e. The highest BCUT2D eigenvalue weighted by Gasteiger charge is 2.43. The Kier molecular flexibility index (Phi) is 5.00. The van der Waals surface area contributed by atoms with Crippen molar-refractivity contribution in [1.82, 2.24) is 14.9 Å². The van der Waals surface area contributed by atoms with Gasteiger partial charge in [0, 0.05) is 0 Å². The first-order chi connectivity index (χ1) is 10.0. The molecule has 2 rings (SSSR count). The molecule has 0 spiro atoms. The molecule has 0 amide bonds. The number of rotatable bonds is 5. The maximum absolute atomic E-state index is 11.0. The van der Waals surface area contributed by atoms with Gasteiger partial charge in [0.25, 0.3) is 0 Å². The second-order valence-corrected chi connectivity index (χ2v) is 5.77. The number of ether oxygens (including phenoxy) is 2. The molecule has 1 aliphatic carbocycles.